The van der Waals surface area contributed by atoms with Gasteiger partial charge in [-0.2, -0.15) is 9.61 Å². The Hall–Kier alpha value is -2.28. The molecule has 0 aliphatic heterocycles. The van der Waals surface area contributed by atoms with Crippen LogP contribution in [-0.4, -0.2) is 25.7 Å². The Bertz CT molecular complexity index is 821. The molecule has 0 unspecified atom stereocenters. The number of aryl methyl sites for hydroxylation is 1. The number of benzene rings is 1. The van der Waals surface area contributed by atoms with Crippen LogP contribution in [0.2, 0.25) is 0 Å². The normalized spacial score (nSPS) is 11.1. The lowest BCUT2D eigenvalue weighted by atomic mass is 10.1. The molecule has 0 radical (unpaired) electrons. The third-order valence-electron chi connectivity index (χ3n) is 3.70. The molecule has 0 bridgehead atoms. The minimum absolute atomic E-state index is 0.0960. The zero-order valence-electron chi connectivity index (χ0n) is 14.0. The third kappa shape index (κ3) is 3.62. The average Bonchev–Trinajstić information content (AvgIpc) is 3.16. The van der Waals surface area contributed by atoms with E-state index in [2.05, 4.69) is 27.5 Å². The Morgan fingerprint density at radius 2 is 1.96 bits per heavy atom. The highest BCUT2D eigenvalue weighted by Crippen LogP contribution is 2.25. The molecule has 6 nitrogen and oxygen atoms in total. The lowest BCUT2D eigenvalue weighted by molar-refractivity contribution is -0.121. The molecule has 126 valence electrons. The monoisotopic (exact) mass is 343 g/mol. The van der Waals surface area contributed by atoms with Gasteiger partial charge in [0.25, 0.3) is 0 Å². The van der Waals surface area contributed by atoms with E-state index in [9.17, 15) is 4.79 Å². The molecule has 0 saturated heterocycles. The highest BCUT2D eigenvalue weighted by atomic mass is 32.1. The van der Waals surface area contributed by atoms with Crippen LogP contribution in [0.25, 0.3) is 15.5 Å². The number of hydrogen-bond donors (Lipinski definition) is 1. The fourth-order valence-electron chi connectivity index (χ4n) is 2.43. The summed E-state index contributed by atoms with van der Waals surface area (Å²) in [6, 6.07) is 8.12. The number of hydrogen-bond acceptors (Lipinski definition) is 5. The van der Waals surface area contributed by atoms with Crippen molar-refractivity contribution in [3.8, 4) is 10.6 Å². The van der Waals surface area contributed by atoms with Gasteiger partial charge < -0.3 is 5.32 Å². The number of amides is 1. The van der Waals surface area contributed by atoms with Gasteiger partial charge in [0, 0.05) is 24.9 Å². The van der Waals surface area contributed by atoms with Crippen LogP contribution in [0, 0.1) is 0 Å². The van der Waals surface area contributed by atoms with Gasteiger partial charge >= 0.3 is 0 Å². The fraction of sp³-hybridized carbons (Fsp3) is 0.412. The second-order valence-electron chi connectivity index (χ2n) is 5.69. The lowest BCUT2D eigenvalue weighted by Crippen LogP contribution is -2.21. The molecule has 1 N–H and O–H groups in total. The highest BCUT2D eigenvalue weighted by Gasteiger charge is 2.12. The van der Waals surface area contributed by atoms with Crippen molar-refractivity contribution in [2.45, 2.75) is 46.1 Å². The molecule has 1 amide bonds. The number of nitrogens with zero attached hydrogens (tertiary/aromatic N) is 4. The Morgan fingerprint density at radius 3 is 2.67 bits per heavy atom. The molecule has 2 heterocycles. The van der Waals surface area contributed by atoms with Crippen molar-refractivity contribution in [1.29, 1.82) is 0 Å². The molecular formula is C17H21N5OS. The van der Waals surface area contributed by atoms with E-state index in [-0.39, 0.29) is 5.91 Å². The minimum atomic E-state index is 0.0960. The second kappa shape index (κ2) is 7.53. The van der Waals surface area contributed by atoms with Crippen molar-refractivity contribution >= 4 is 22.2 Å². The molecule has 0 aliphatic rings. The summed E-state index contributed by atoms with van der Waals surface area (Å²) >= 11 is 1.54. The van der Waals surface area contributed by atoms with Crippen LogP contribution in [0.15, 0.2) is 24.3 Å². The van der Waals surface area contributed by atoms with Crippen molar-refractivity contribution in [3.63, 3.8) is 0 Å². The summed E-state index contributed by atoms with van der Waals surface area (Å²) in [6.07, 6.45) is 3.34. The molecule has 0 atom stereocenters. The summed E-state index contributed by atoms with van der Waals surface area (Å²) in [4.78, 5) is 12.3. The van der Waals surface area contributed by atoms with Gasteiger partial charge in [0.15, 0.2) is 5.82 Å². The maximum absolute atomic E-state index is 11.5. The van der Waals surface area contributed by atoms with E-state index in [1.165, 1.54) is 11.3 Å². The summed E-state index contributed by atoms with van der Waals surface area (Å²) in [7, 11) is 0. The summed E-state index contributed by atoms with van der Waals surface area (Å²) < 4.78 is 1.84. The molecule has 0 aliphatic carbocycles. The number of nitrogens with one attached hydrogen (secondary N) is 1. The second-order valence-corrected chi connectivity index (χ2v) is 6.65. The van der Waals surface area contributed by atoms with Gasteiger partial charge in [-0.3, -0.25) is 4.79 Å². The van der Waals surface area contributed by atoms with Crippen molar-refractivity contribution in [2.75, 3.05) is 0 Å². The highest BCUT2D eigenvalue weighted by molar-refractivity contribution is 7.19. The third-order valence-corrected chi connectivity index (χ3v) is 4.64. The van der Waals surface area contributed by atoms with Gasteiger partial charge in [0.1, 0.15) is 5.01 Å². The maximum atomic E-state index is 11.5. The molecule has 3 aromatic rings. The van der Waals surface area contributed by atoms with E-state index in [0.29, 0.717) is 13.0 Å². The maximum Gasteiger partial charge on any atom is 0.234 e. The van der Waals surface area contributed by atoms with E-state index < -0.39 is 0 Å². The standard InChI is InChI=1S/C17H21N5OS/c1-3-5-14-19-20-17-22(14)21-16(24-17)13-9-7-12(8-10-13)11-18-15(23)6-4-2/h7-10H,3-6,11H2,1-2H3,(H,18,23). The molecule has 3 rings (SSSR count). The predicted octanol–water partition coefficient (Wildman–Crippen LogP) is 3.22. The Morgan fingerprint density at radius 1 is 1.17 bits per heavy atom. The topological polar surface area (TPSA) is 72.2 Å². The average molecular weight is 343 g/mol. The summed E-state index contributed by atoms with van der Waals surface area (Å²) in [5.41, 5.74) is 2.13. The van der Waals surface area contributed by atoms with Crippen LogP contribution >= 0.6 is 11.3 Å². The Balaban J connectivity index is 1.72. The van der Waals surface area contributed by atoms with Gasteiger partial charge in [-0.15, -0.1) is 10.2 Å². The number of carbonyl (C=O) groups is 1. The van der Waals surface area contributed by atoms with E-state index >= 15 is 0 Å². The lowest BCUT2D eigenvalue weighted by Gasteiger charge is -2.05. The van der Waals surface area contributed by atoms with Crippen LogP contribution in [0.4, 0.5) is 0 Å². The van der Waals surface area contributed by atoms with Gasteiger partial charge in [-0.05, 0) is 18.4 Å². The summed E-state index contributed by atoms with van der Waals surface area (Å²) in [5.74, 6) is 1.00. The van der Waals surface area contributed by atoms with Crippen molar-refractivity contribution in [1.82, 2.24) is 25.1 Å². The quantitative estimate of drug-likeness (QED) is 0.715. The molecule has 7 heteroatoms. The minimum Gasteiger partial charge on any atom is -0.352 e. The van der Waals surface area contributed by atoms with Gasteiger partial charge in [-0.25, -0.2) is 0 Å². The smallest absolute Gasteiger partial charge is 0.234 e. The first-order chi connectivity index (χ1) is 11.7. The van der Waals surface area contributed by atoms with E-state index in [4.69, 9.17) is 0 Å². The first kappa shape index (κ1) is 16.6. The van der Waals surface area contributed by atoms with Crippen molar-refractivity contribution in [3.05, 3.63) is 35.7 Å². The molecule has 0 saturated carbocycles. The van der Waals surface area contributed by atoms with E-state index in [0.717, 1.165) is 46.2 Å². The molecule has 24 heavy (non-hydrogen) atoms. The largest absolute Gasteiger partial charge is 0.352 e. The number of rotatable bonds is 7. The number of carbonyl (C=O) groups excluding carboxylic acids is 1. The van der Waals surface area contributed by atoms with Crippen molar-refractivity contribution < 1.29 is 4.79 Å². The summed E-state index contributed by atoms with van der Waals surface area (Å²) in [5, 5.41) is 16.8. The fourth-order valence-corrected chi connectivity index (χ4v) is 3.30. The van der Waals surface area contributed by atoms with Crippen LogP contribution in [0.5, 0.6) is 0 Å². The number of fused-ring (bicyclic) bond motifs is 1. The molecule has 0 fully saturated rings. The molecular weight excluding hydrogens is 322 g/mol. The first-order valence-electron chi connectivity index (χ1n) is 8.28. The zero-order chi connectivity index (χ0) is 16.9. The van der Waals surface area contributed by atoms with Crippen molar-refractivity contribution in [2.24, 2.45) is 0 Å². The van der Waals surface area contributed by atoms with Gasteiger partial charge in [0.2, 0.25) is 10.9 Å². The molecule has 0 spiro atoms. The van der Waals surface area contributed by atoms with Crippen LogP contribution < -0.4 is 5.32 Å². The van der Waals surface area contributed by atoms with Gasteiger partial charge in [-0.1, -0.05) is 49.4 Å². The SMILES string of the molecule is CCCC(=O)NCc1ccc(-c2nn3c(CCC)nnc3s2)cc1. The zero-order valence-corrected chi connectivity index (χ0v) is 14.8. The Labute approximate surface area is 144 Å². The van der Waals surface area contributed by atoms with E-state index in [1.807, 2.05) is 35.7 Å². The van der Waals surface area contributed by atoms with Crippen LogP contribution in [0.3, 0.4) is 0 Å². The first-order valence-corrected chi connectivity index (χ1v) is 9.10. The predicted molar refractivity (Wildman–Crippen MR) is 94.8 cm³/mol. The van der Waals surface area contributed by atoms with Gasteiger partial charge in [0.05, 0.1) is 0 Å². The molecule has 2 aromatic heterocycles. The Kier molecular flexibility index (Phi) is 5.20. The number of aromatic nitrogens is 4. The molecule has 1 aromatic carbocycles. The summed E-state index contributed by atoms with van der Waals surface area (Å²) in [6.45, 7) is 4.68. The van der Waals surface area contributed by atoms with Crippen LogP contribution in [-0.2, 0) is 17.8 Å². The van der Waals surface area contributed by atoms with Crippen LogP contribution in [0.1, 0.15) is 44.5 Å². The van der Waals surface area contributed by atoms with E-state index in [1.54, 1.807) is 0 Å².